The number of carbonyl (C=O) groups is 1. The average Bonchev–Trinajstić information content (AvgIpc) is 3.47. The fourth-order valence-electron chi connectivity index (χ4n) is 4.63. The van der Waals surface area contributed by atoms with Gasteiger partial charge in [-0.1, -0.05) is 36.4 Å². The lowest BCUT2D eigenvalue weighted by Gasteiger charge is -2.19. The van der Waals surface area contributed by atoms with Gasteiger partial charge in [-0.25, -0.2) is 15.1 Å². The van der Waals surface area contributed by atoms with Crippen LogP contribution in [0.25, 0.3) is 10.8 Å². The molecule has 0 saturated heterocycles. The molecule has 0 radical (unpaired) electrons. The van der Waals surface area contributed by atoms with Crippen LogP contribution in [0, 0.1) is 5.92 Å². The van der Waals surface area contributed by atoms with Gasteiger partial charge in [-0.2, -0.15) is 13.5 Å². The number of benzene rings is 2. The first kappa shape index (κ1) is 25.9. The summed E-state index contributed by atoms with van der Waals surface area (Å²) in [5.41, 5.74) is 1.36. The molecular weight excluding hydrogens is 512 g/mol. The van der Waals surface area contributed by atoms with E-state index in [9.17, 15) is 23.4 Å². The van der Waals surface area contributed by atoms with E-state index >= 15 is 0 Å². The lowest BCUT2D eigenvalue weighted by Crippen LogP contribution is -2.36. The molecule has 0 aliphatic heterocycles. The highest BCUT2D eigenvalue weighted by atomic mass is 32.2. The van der Waals surface area contributed by atoms with Gasteiger partial charge in [-0.3, -0.25) is 13.7 Å². The fourth-order valence-corrected chi connectivity index (χ4v) is 5.00. The lowest BCUT2D eigenvalue weighted by molar-refractivity contribution is 0.00778. The van der Waals surface area contributed by atoms with Gasteiger partial charge in [-0.15, -0.1) is 0 Å². The van der Waals surface area contributed by atoms with Crippen LogP contribution in [0.5, 0.6) is 0 Å². The first-order valence-corrected chi connectivity index (χ1v) is 13.3. The maximum absolute atomic E-state index is 13.3. The number of nitrogens with two attached hydrogens (primary N) is 1. The summed E-state index contributed by atoms with van der Waals surface area (Å²) >= 11 is 0. The summed E-state index contributed by atoms with van der Waals surface area (Å²) in [4.78, 5) is 21.4. The highest BCUT2D eigenvalue weighted by molar-refractivity contribution is 7.84. The van der Waals surface area contributed by atoms with Crippen LogP contribution in [0.2, 0.25) is 0 Å². The third-order valence-electron chi connectivity index (χ3n) is 6.56. The van der Waals surface area contributed by atoms with Crippen molar-refractivity contribution in [2.45, 2.75) is 31.2 Å². The molecule has 0 bridgehead atoms. The zero-order chi connectivity index (χ0) is 26.9. The van der Waals surface area contributed by atoms with Crippen molar-refractivity contribution in [3.8, 4) is 0 Å². The topological polar surface area (TPSA) is 183 Å². The molecule has 5 N–H and O–H groups in total. The molecule has 0 unspecified atom stereocenters. The summed E-state index contributed by atoms with van der Waals surface area (Å²) in [6, 6.07) is 15.1. The zero-order valence-corrected chi connectivity index (χ0v) is 20.9. The van der Waals surface area contributed by atoms with Gasteiger partial charge in [0.25, 0.3) is 0 Å². The smallest absolute Gasteiger partial charge is 0.333 e. The molecule has 2 aromatic carbocycles. The van der Waals surface area contributed by atoms with Gasteiger partial charge in [0, 0.05) is 18.3 Å². The fraction of sp³-hybridized carbons (Fsp3) is 0.280. The second-order valence-electron chi connectivity index (χ2n) is 9.20. The van der Waals surface area contributed by atoms with E-state index in [2.05, 4.69) is 30.6 Å². The molecule has 0 spiro atoms. The van der Waals surface area contributed by atoms with Crippen molar-refractivity contribution >= 4 is 32.7 Å². The molecule has 4 aromatic rings. The summed E-state index contributed by atoms with van der Waals surface area (Å²) in [5, 5.41) is 35.3. The van der Waals surface area contributed by atoms with Gasteiger partial charge in [-0.05, 0) is 34.9 Å². The molecule has 2 aromatic heterocycles. The number of ketones is 1. The predicted molar refractivity (Wildman–Crippen MR) is 137 cm³/mol. The molecule has 2 heterocycles. The molecule has 1 saturated carbocycles. The van der Waals surface area contributed by atoms with Crippen molar-refractivity contribution in [2.24, 2.45) is 11.1 Å². The third kappa shape index (κ3) is 5.71. The molecule has 12 nitrogen and oxygen atoms in total. The van der Waals surface area contributed by atoms with E-state index < -0.39 is 40.3 Å². The van der Waals surface area contributed by atoms with Crippen molar-refractivity contribution in [1.82, 2.24) is 19.7 Å². The maximum Gasteiger partial charge on any atom is 0.333 e. The second-order valence-corrected chi connectivity index (χ2v) is 10.4. The maximum atomic E-state index is 13.3. The van der Waals surface area contributed by atoms with Crippen molar-refractivity contribution in [3.05, 3.63) is 84.1 Å². The third-order valence-corrected chi connectivity index (χ3v) is 7.02. The highest BCUT2D eigenvalue weighted by Crippen LogP contribution is 2.30. The van der Waals surface area contributed by atoms with E-state index in [1.165, 1.54) is 12.5 Å². The van der Waals surface area contributed by atoms with Crippen molar-refractivity contribution in [2.75, 3.05) is 11.9 Å². The van der Waals surface area contributed by atoms with E-state index in [0.717, 1.165) is 16.3 Å². The summed E-state index contributed by atoms with van der Waals surface area (Å²) in [6.07, 6.45) is 1.93. The molecule has 1 aliphatic rings. The van der Waals surface area contributed by atoms with Crippen LogP contribution in [-0.2, 0) is 21.0 Å². The first-order valence-electron chi connectivity index (χ1n) is 11.8. The Hall–Kier alpha value is -3.75. The van der Waals surface area contributed by atoms with Crippen LogP contribution in [0.3, 0.4) is 0 Å². The van der Waals surface area contributed by atoms with E-state index in [0.29, 0.717) is 6.54 Å². The monoisotopic (exact) mass is 538 g/mol. The number of anilines is 1. The van der Waals surface area contributed by atoms with Gasteiger partial charge in [0.2, 0.25) is 5.78 Å². The number of nitrogens with zero attached hydrogens (tertiary/aromatic N) is 4. The van der Waals surface area contributed by atoms with Crippen LogP contribution in [0.1, 0.15) is 28.0 Å². The minimum atomic E-state index is -4.19. The number of carbonyl (C=O) groups excluding carboxylic acids is 1. The minimum Gasteiger partial charge on any atom is -0.390 e. The number of hydrogen-bond acceptors (Lipinski definition) is 10. The molecule has 4 atom stereocenters. The molecular formula is C25H26N6O6S. The van der Waals surface area contributed by atoms with Gasteiger partial charge < -0.3 is 15.5 Å². The second kappa shape index (κ2) is 10.6. The molecule has 38 heavy (non-hydrogen) atoms. The predicted octanol–water partition coefficient (Wildman–Crippen LogP) is 0.848. The number of rotatable bonds is 9. The normalized spacial score (nSPS) is 21.6. The Morgan fingerprint density at radius 3 is 2.71 bits per heavy atom. The Morgan fingerprint density at radius 1 is 1.13 bits per heavy atom. The number of fused-ring (bicyclic) bond motifs is 1. The zero-order valence-electron chi connectivity index (χ0n) is 20.1. The van der Waals surface area contributed by atoms with E-state index in [1.807, 2.05) is 36.4 Å². The van der Waals surface area contributed by atoms with Crippen LogP contribution < -0.4 is 10.5 Å². The summed E-state index contributed by atoms with van der Waals surface area (Å²) in [7, 11) is -4.19. The number of aliphatic hydroxyl groups excluding tert-OH is 2. The van der Waals surface area contributed by atoms with E-state index in [1.54, 1.807) is 16.9 Å². The Kier molecular flexibility index (Phi) is 7.19. The van der Waals surface area contributed by atoms with E-state index in [-0.39, 0.29) is 30.1 Å². The molecule has 13 heteroatoms. The molecule has 1 fully saturated rings. The average molecular weight is 539 g/mol. The van der Waals surface area contributed by atoms with Gasteiger partial charge in [0.05, 0.1) is 30.9 Å². The van der Waals surface area contributed by atoms with E-state index in [4.69, 9.17) is 5.14 Å². The van der Waals surface area contributed by atoms with Gasteiger partial charge in [0.1, 0.15) is 23.9 Å². The van der Waals surface area contributed by atoms with Crippen molar-refractivity contribution < 1.29 is 27.6 Å². The molecule has 198 valence electrons. The standard InChI is InChI=1S/C25H26N6O6S/c26-38(35,36)37-13-18-10-21(24(34)22(18)32)29-25-19(11-27-14-28-25)23(33)20-7-8-31(30-20)12-15-5-6-16-3-1-2-4-17(16)9-15/h1-9,11,14,18,21-22,24,32,34H,10,12-13H2,(H2,26,35,36)(H,27,28,29)/t18-,21-,22-,24+/m1/s1. The van der Waals surface area contributed by atoms with Gasteiger partial charge in [0.15, 0.2) is 0 Å². The SMILES string of the molecule is NS(=O)(=O)OC[C@H]1C[C@@H](Nc2ncncc2C(=O)c2ccn(Cc3ccc4ccccc4c3)n2)[C@H](O)[C@@H]1O. The number of aliphatic hydroxyl groups is 2. The summed E-state index contributed by atoms with van der Waals surface area (Å²) < 4.78 is 28.4. The number of aromatic nitrogens is 4. The quantitative estimate of drug-likeness (QED) is 0.223. The summed E-state index contributed by atoms with van der Waals surface area (Å²) in [6.45, 7) is 0.0854. The Bertz CT molecular complexity index is 1580. The molecule has 0 amide bonds. The van der Waals surface area contributed by atoms with Crippen LogP contribution in [0.15, 0.2) is 67.3 Å². The highest BCUT2D eigenvalue weighted by Gasteiger charge is 2.42. The summed E-state index contributed by atoms with van der Waals surface area (Å²) in [5.74, 6) is -0.974. The van der Waals surface area contributed by atoms with Crippen LogP contribution >= 0.6 is 0 Å². The largest absolute Gasteiger partial charge is 0.390 e. The number of nitrogens with one attached hydrogen (secondary N) is 1. The number of hydrogen-bond donors (Lipinski definition) is 4. The van der Waals surface area contributed by atoms with Crippen molar-refractivity contribution in [3.63, 3.8) is 0 Å². The van der Waals surface area contributed by atoms with Crippen LogP contribution in [-0.4, -0.2) is 69.0 Å². The molecule has 5 rings (SSSR count). The Labute approximate surface area is 218 Å². The minimum absolute atomic E-state index is 0.134. The van der Waals surface area contributed by atoms with Crippen molar-refractivity contribution in [1.29, 1.82) is 0 Å². The lowest BCUT2D eigenvalue weighted by atomic mass is 10.1. The Morgan fingerprint density at radius 2 is 1.92 bits per heavy atom. The first-order chi connectivity index (χ1) is 18.2. The Balaban J connectivity index is 1.29. The van der Waals surface area contributed by atoms with Crippen LogP contribution in [0.4, 0.5) is 5.82 Å². The molecule has 1 aliphatic carbocycles. The van der Waals surface area contributed by atoms with Gasteiger partial charge >= 0.3 is 10.3 Å².